The molecule has 0 aliphatic heterocycles. The maximum atomic E-state index is 12.9. The summed E-state index contributed by atoms with van der Waals surface area (Å²) in [7, 11) is -1.34. The maximum Gasteiger partial charge on any atom is 0.309 e. The number of aryl methyl sites for hydroxylation is 1. The number of benzene rings is 1. The van der Waals surface area contributed by atoms with Gasteiger partial charge in [-0.1, -0.05) is 29.8 Å². The summed E-state index contributed by atoms with van der Waals surface area (Å²) in [6.07, 6.45) is 2.68. The van der Waals surface area contributed by atoms with Crippen LogP contribution in [0, 0.1) is 12.3 Å². The van der Waals surface area contributed by atoms with Crippen LogP contribution < -0.4 is 5.32 Å². The first-order chi connectivity index (χ1) is 17.5. The highest BCUT2D eigenvalue weighted by Gasteiger charge is 2.32. The van der Waals surface area contributed by atoms with E-state index in [9.17, 15) is 23.1 Å². The van der Waals surface area contributed by atoms with Crippen LogP contribution in [0.2, 0.25) is 0 Å². The average Bonchev–Trinajstić information content (AvgIpc) is 3.63. The molecule has 0 saturated heterocycles. The van der Waals surface area contributed by atoms with Crippen molar-refractivity contribution in [2.45, 2.75) is 58.9 Å². The number of fused-ring (bicyclic) bond motifs is 1. The van der Waals surface area contributed by atoms with Gasteiger partial charge < -0.3 is 14.8 Å². The Morgan fingerprint density at radius 1 is 1.22 bits per heavy atom. The number of aliphatic carboxylic acids is 1. The molecule has 2 aromatic heterocycles. The molecule has 0 atom stereocenters. The van der Waals surface area contributed by atoms with E-state index >= 15 is 0 Å². The number of hydrogen-bond donors (Lipinski definition) is 3. The van der Waals surface area contributed by atoms with Gasteiger partial charge in [0.15, 0.2) is 0 Å². The number of pyridine rings is 1. The van der Waals surface area contributed by atoms with E-state index in [4.69, 9.17) is 9.40 Å². The Bertz CT molecular complexity index is 1400. The average molecular weight is 528 g/mol. The van der Waals surface area contributed by atoms with Gasteiger partial charge in [-0.05, 0) is 64.0 Å². The van der Waals surface area contributed by atoms with Crippen LogP contribution in [0.5, 0.6) is 0 Å². The molecule has 1 aliphatic rings. The summed E-state index contributed by atoms with van der Waals surface area (Å²) < 4.78 is 31.6. The summed E-state index contributed by atoms with van der Waals surface area (Å²) in [6, 6.07) is 9.60. The highest BCUT2D eigenvalue weighted by molar-refractivity contribution is 7.69. The fraction of sp³-hybridized carbons (Fsp3) is 0.444. The Labute approximate surface area is 218 Å². The van der Waals surface area contributed by atoms with Crippen LogP contribution >= 0.6 is 0 Å². The Balaban J connectivity index is 1.72. The van der Waals surface area contributed by atoms with Gasteiger partial charge in [-0.2, -0.15) is 4.31 Å². The summed E-state index contributed by atoms with van der Waals surface area (Å²) in [6.45, 7) is 5.49. The van der Waals surface area contributed by atoms with Crippen LogP contribution in [0.25, 0.3) is 22.4 Å². The van der Waals surface area contributed by atoms with Crippen LogP contribution in [0.1, 0.15) is 72.6 Å². The second-order valence-electron chi connectivity index (χ2n) is 10.3. The second kappa shape index (κ2) is 10.6. The first kappa shape index (κ1) is 26.8. The molecule has 2 N–H and O–H groups in total. The van der Waals surface area contributed by atoms with E-state index < -0.39 is 22.3 Å². The zero-order chi connectivity index (χ0) is 26.9. The molecule has 2 heterocycles. The van der Waals surface area contributed by atoms with Gasteiger partial charge in [-0.25, -0.2) is 13.4 Å². The van der Waals surface area contributed by atoms with Gasteiger partial charge in [-0.15, -0.1) is 0 Å². The third kappa shape index (κ3) is 5.86. The van der Waals surface area contributed by atoms with Crippen molar-refractivity contribution in [3.05, 3.63) is 52.7 Å². The summed E-state index contributed by atoms with van der Waals surface area (Å²) in [5, 5.41) is 12.6. The molecule has 1 fully saturated rings. The molecule has 4 rings (SSSR count). The third-order valence-electron chi connectivity index (χ3n) is 6.94. The first-order valence-corrected chi connectivity index (χ1v) is 13.5. The number of rotatable bonds is 11. The van der Waals surface area contributed by atoms with E-state index in [2.05, 4.69) is 5.32 Å². The number of nitrogens with zero attached hydrogens (tertiary/aromatic N) is 2. The predicted molar refractivity (Wildman–Crippen MR) is 141 cm³/mol. The molecule has 37 heavy (non-hydrogen) atoms. The second-order valence-corrected chi connectivity index (χ2v) is 11.4. The van der Waals surface area contributed by atoms with E-state index in [1.165, 1.54) is 4.31 Å². The molecule has 1 amide bonds. The van der Waals surface area contributed by atoms with Crippen molar-refractivity contribution >= 4 is 33.9 Å². The number of furan rings is 1. The summed E-state index contributed by atoms with van der Waals surface area (Å²) in [5.74, 6) is -0.526. The topological polar surface area (TPSA) is 130 Å². The first-order valence-electron chi connectivity index (χ1n) is 12.4. The third-order valence-corrected chi connectivity index (χ3v) is 7.74. The monoisotopic (exact) mass is 527 g/mol. The number of nitrogens with one attached hydrogen (secondary N) is 1. The fourth-order valence-electron chi connectivity index (χ4n) is 4.41. The SMILES string of the molecule is CNC(=O)c1c(-c2ccc(C)cc2)oc2nc(CN(CCCC(C)(C)C(=O)O)[SH](=O)=O)c(C3CC3)cc12. The fourth-order valence-corrected chi connectivity index (χ4v) is 4.96. The normalized spacial score (nSPS) is 14.0. The zero-order valence-electron chi connectivity index (χ0n) is 21.5. The predicted octanol–water partition coefficient (Wildman–Crippen LogP) is 4.26. The Morgan fingerprint density at radius 3 is 2.46 bits per heavy atom. The highest BCUT2D eigenvalue weighted by Crippen LogP contribution is 2.44. The van der Waals surface area contributed by atoms with Gasteiger partial charge >= 0.3 is 5.97 Å². The van der Waals surface area contributed by atoms with Crippen LogP contribution in [0.15, 0.2) is 34.7 Å². The number of carbonyl (C=O) groups is 2. The van der Waals surface area contributed by atoms with Crippen molar-refractivity contribution in [2.24, 2.45) is 5.41 Å². The number of thiol groups is 1. The molecule has 0 spiro atoms. The molecule has 0 bridgehead atoms. The molecule has 0 radical (unpaired) electrons. The summed E-state index contributed by atoms with van der Waals surface area (Å²) in [5.41, 5.74) is 3.10. The molecule has 1 saturated carbocycles. The summed E-state index contributed by atoms with van der Waals surface area (Å²) in [4.78, 5) is 29.1. The quantitative estimate of drug-likeness (QED) is 0.318. The zero-order valence-corrected chi connectivity index (χ0v) is 22.4. The van der Waals surface area contributed by atoms with Crippen molar-refractivity contribution in [1.82, 2.24) is 14.6 Å². The highest BCUT2D eigenvalue weighted by atomic mass is 32.2. The van der Waals surface area contributed by atoms with Gasteiger partial charge in [0.1, 0.15) is 5.76 Å². The van der Waals surface area contributed by atoms with Crippen LogP contribution in [0.4, 0.5) is 0 Å². The number of amides is 1. The molecular weight excluding hydrogens is 494 g/mol. The molecule has 1 aromatic carbocycles. The lowest BCUT2D eigenvalue weighted by Gasteiger charge is -2.21. The van der Waals surface area contributed by atoms with Gasteiger partial charge in [0.2, 0.25) is 16.6 Å². The van der Waals surface area contributed by atoms with E-state index in [-0.39, 0.29) is 30.6 Å². The number of carboxylic acid groups (broad SMARTS) is 1. The van der Waals surface area contributed by atoms with E-state index in [1.807, 2.05) is 37.3 Å². The Kier molecular flexibility index (Phi) is 7.70. The number of aromatic nitrogens is 1. The van der Waals surface area contributed by atoms with Gasteiger partial charge in [0.05, 0.1) is 28.6 Å². The lowest BCUT2D eigenvalue weighted by Crippen LogP contribution is -2.28. The Hall–Kier alpha value is -3.24. The number of hydrogen-bond acceptors (Lipinski definition) is 6. The Morgan fingerprint density at radius 2 is 1.89 bits per heavy atom. The number of carbonyl (C=O) groups excluding carboxylic acids is 1. The maximum absolute atomic E-state index is 12.9. The van der Waals surface area contributed by atoms with E-state index in [0.29, 0.717) is 35.2 Å². The van der Waals surface area contributed by atoms with Crippen LogP contribution in [0.3, 0.4) is 0 Å². The van der Waals surface area contributed by atoms with Gasteiger partial charge in [-0.3, -0.25) is 9.59 Å². The molecule has 9 nitrogen and oxygen atoms in total. The molecule has 1 aliphatic carbocycles. The molecule has 3 aromatic rings. The molecular formula is C27H33N3O6S. The van der Waals surface area contributed by atoms with Gasteiger partial charge in [0, 0.05) is 19.2 Å². The molecule has 198 valence electrons. The minimum Gasteiger partial charge on any atom is -0.481 e. The van der Waals surface area contributed by atoms with E-state index in [1.54, 1.807) is 20.9 Å². The lowest BCUT2D eigenvalue weighted by molar-refractivity contribution is -0.147. The van der Waals surface area contributed by atoms with Crippen molar-refractivity contribution in [3.8, 4) is 11.3 Å². The standard InChI is InChI=1S/C27H33N3O6S/c1-16-6-8-18(9-7-16)23-22(24(31)28-4)20-14-19(17-10-11-17)21(29-25(20)36-23)15-30(37(34)35)13-5-12-27(2,3)26(32)33/h6-9,14,17,37H,5,10-13,15H2,1-4H3,(H,28,31)(H,32,33). The largest absolute Gasteiger partial charge is 0.481 e. The van der Waals surface area contributed by atoms with Gasteiger partial charge in [0.25, 0.3) is 5.91 Å². The minimum atomic E-state index is -2.91. The minimum absolute atomic E-state index is 0.0594. The van der Waals surface area contributed by atoms with Crippen molar-refractivity contribution in [3.63, 3.8) is 0 Å². The van der Waals surface area contributed by atoms with E-state index in [0.717, 1.165) is 29.5 Å². The summed E-state index contributed by atoms with van der Waals surface area (Å²) >= 11 is 0. The number of carboxylic acids is 1. The molecule has 10 heteroatoms. The smallest absolute Gasteiger partial charge is 0.309 e. The van der Waals surface area contributed by atoms with Crippen LogP contribution in [-0.4, -0.2) is 48.3 Å². The van der Waals surface area contributed by atoms with Crippen LogP contribution in [-0.2, 0) is 22.2 Å². The lowest BCUT2D eigenvalue weighted by atomic mass is 9.88. The van der Waals surface area contributed by atoms with Crippen molar-refractivity contribution in [1.29, 1.82) is 0 Å². The van der Waals surface area contributed by atoms with Crippen molar-refractivity contribution in [2.75, 3.05) is 13.6 Å². The van der Waals surface area contributed by atoms with Crippen molar-refractivity contribution < 1.29 is 27.5 Å². The molecule has 0 unspecified atom stereocenters.